The summed E-state index contributed by atoms with van der Waals surface area (Å²) in [5, 5.41) is 7.06. The monoisotopic (exact) mass is 382 g/mol. The summed E-state index contributed by atoms with van der Waals surface area (Å²) in [5.41, 5.74) is 2.46. The minimum absolute atomic E-state index is 0.292. The molecule has 0 aromatic carbocycles. The summed E-state index contributed by atoms with van der Waals surface area (Å²) in [7, 11) is 0. The molecule has 1 aliphatic rings. The van der Waals surface area contributed by atoms with E-state index in [0.717, 1.165) is 19.3 Å². The number of pyridine rings is 1. The molecule has 1 amide bonds. The Morgan fingerprint density at radius 3 is 2.89 bits per heavy atom. The third-order valence-electron chi connectivity index (χ3n) is 4.78. The van der Waals surface area contributed by atoms with E-state index in [2.05, 4.69) is 21.5 Å². The molecule has 0 radical (unpaired) electrons. The van der Waals surface area contributed by atoms with Crippen molar-refractivity contribution in [2.45, 2.75) is 45.4 Å². The Bertz CT molecular complexity index is 843. The predicted octanol–water partition coefficient (Wildman–Crippen LogP) is 2.99. The average Bonchev–Trinajstić information content (AvgIpc) is 3.17. The smallest absolute Gasteiger partial charge is 0.342 e. The highest BCUT2D eigenvalue weighted by Gasteiger charge is 2.19. The number of rotatable bonds is 8. The molecule has 0 saturated heterocycles. The van der Waals surface area contributed by atoms with Crippen molar-refractivity contribution < 1.29 is 14.3 Å². The standard InChI is InChI=1S/C21H26N4O3/c1-2-18-17(14-24-25(18)19-10-6-7-12-22-19)21(27)28-15-20(26)23-13-11-16-8-4-3-5-9-16/h6-8,10,12,14H,2-5,9,11,13,15H2,1H3,(H,23,26). The highest BCUT2D eigenvalue weighted by Crippen LogP contribution is 2.19. The molecular weight excluding hydrogens is 356 g/mol. The molecule has 0 unspecified atom stereocenters. The SMILES string of the molecule is CCc1c(C(=O)OCC(=O)NCCC2=CCCCC2)cnn1-c1ccccn1. The van der Waals surface area contributed by atoms with E-state index >= 15 is 0 Å². The van der Waals surface area contributed by atoms with E-state index in [0.29, 0.717) is 30.0 Å². The molecule has 1 N–H and O–H groups in total. The molecule has 0 bridgehead atoms. The minimum atomic E-state index is -0.552. The highest BCUT2D eigenvalue weighted by molar-refractivity contribution is 5.92. The third-order valence-corrected chi connectivity index (χ3v) is 4.78. The Balaban J connectivity index is 1.51. The Labute approximate surface area is 164 Å². The van der Waals surface area contributed by atoms with E-state index in [1.165, 1.54) is 24.6 Å². The molecule has 2 aromatic rings. The van der Waals surface area contributed by atoms with Gasteiger partial charge in [-0.1, -0.05) is 24.6 Å². The number of hydrogen-bond acceptors (Lipinski definition) is 5. The van der Waals surface area contributed by atoms with Crippen LogP contribution >= 0.6 is 0 Å². The van der Waals surface area contributed by atoms with Gasteiger partial charge in [0.25, 0.3) is 5.91 Å². The van der Waals surface area contributed by atoms with E-state index in [1.54, 1.807) is 10.9 Å². The van der Waals surface area contributed by atoms with Crippen molar-refractivity contribution in [1.29, 1.82) is 0 Å². The molecule has 0 fully saturated rings. The number of nitrogens with one attached hydrogen (secondary N) is 1. The van der Waals surface area contributed by atoms with E-state index in [9.17, 15) is 9.59 Å². The predicted molar refractivity (Wildman–Crippen MR) is 105 cm³/mol. The second kappa shape index (κ2) is 9.82. The van der Waals surface area contributed by atoms with Gasteiger partial charge >= 0.3 is 5.97 Å². The fourth-order valence-electron chi connectivity index (χ4n) is 3.32. The molecule has 7 nitrogen and oxygen atoms in total. The first-order chi connectivity index (χ1) is 13.7. The number of aromatic nitrogens is 3. The number of nitrogens with zero attached hydrogens (tertiary/aromatic N) is 3. The lowest BCUT2D eigenvalue weighted by Gasteiger charge is -2.13. The van der Waals surface area contributed by atoms with E-state index < -0.39 is 5.97 Å². The third kappa shape index (κ3) is 5.06. The molecule has 148 valence electrons. The topological polar surface area (TPSA) is 86.1 Å². The van der Waals surface area contributed by atoms with Gasteiger partial charge in [0, 0.05) is 12.7 Å². The van der Waals surface area contributed by atoms with Gasteiger partial charge in [0.05, 0.1) is 11.9 Å². The van der Waals surface area contributed by atoms with Crippen LogP contribution in [0.25, 0.3) is 5.82 Å². The molecule has 7 heteroatoms. The lowest BCUT2D eigenvalue weighted by Crippen LogP contribution is -2.30. The Kier molecular flexibility index (Phi) is 6.94. The van der Waals surface area contributed by atoms with E-state index in [1.807, 2.05) is 25.1 Å². The fraction of sp³-hybridized carbons (Fsp3) is 0.429. The average molecular weight is 382 g/mol. The van der Waals surface area contributed by atoms with Crippen molar-refractivity contribution in [2.75, 3.05) is 13.2 Å². The van der Waals surface area contributed by atoms with Crippen LogP contribution in [0.5, 0.6) is 0 Å². The van der Waals surface area contributed by atoms with Gasteiger partial charge in [0.1, 0.15) is 5.56 Å². The van der Waals surface area contributed by atoms with Crippen LogP contribution in [0.4, 0.5) is 0 Å². The maximum atomic E-state index is 12.4. The minimum Gasteiger partial charge on any atom is -0.452 e. The number of ether oxygens (including phenoxy) is 1. The van der Waals surface area contributed by atoms with Crippen LogP contribution < -0.4 is 5.32 Å². The maximum Gasteiger partial charge on any atom is 0.342 e. The zero-order valence-corrected chi connectivity index (χ0v) is 16.2. The van der Waals surface area contributed by atoms with Gasteiger partial charge in [-0.2, -0.15) is 5.10 Å². The van der Waals surface area contributed by atoms with E-state index in [-0.39, 0.29) is 12.5 Å². The molecule has 28 heavy (non-hydrogen) atoms. The van der Waals surface area contributed by atoms with Gasteiger partial charge in [-0.25, -0.2) is 14.5 Å². The van der Waals surface area contributed by atoms with Crippen molar-refractivity contribution in [3.63, 3.8) is 0 Å². The summed E-state index contributed by atoms with van der Waals surface area (Å²) in [6.45, 7) is 2.20. The van der Waals surface area contributed by atoms with Gasteiger partial charge in [-0.3, -0.25) is 4.79 Å². The lowest BCUT2D eigenvalue weighted by molar-refractivity contribution is -0.124. The summed E-state index contributed by atoms with van der Waals surface area (Å²) in [6.07, 6.45) is 11.6. The number of esters is 1. The second-order valence-corrected chi connectivity index (χ2v) is 6.74. The molecule has 0 spiro atoms. The van der Waals surface area contributed by atoms with Crippen molar-refractivity contribution in [3.05, 3.63) is 53.5 Å². The largest absolute Gasteiger partial charge is 0.452 e. The van der Waals surface area contributed by atoms with Crippen molar-refractivity contribution in [1.82, 2.24) is 20.1 Å². The van der Waals surface area contributed by atoms with Gasteiger partial charge < -0.3 is 10.1 Å². The van der Waals surface area contributed by atoms with Crippen molar-refractivity contribution >= 4 is 11.9 Å². The first-order valence-corrected chi connectivity index (χ1v) is 9.79. The van der Waals surface area contributed by atoms with Gasteiger partial charge in [-0.05, 0) is 50.7 Å². The van der Waals surface area contributed by atoms with Crippen molar-refractivity contribution in [3.8, 4) is 5.82 Å². The Hall–Kier alpha value is -2.96. The van der Waals surface area contributed by atoms with Crippen LogP contribution in [0.15, 0.2) is 42.2 Å². The van der Waals surface area contributed by atoms with Crippen LogP contribution in [-0.4, -0.2) is 39.8 Å². The fourth-order valence-corrected chi connectivity index (χ4v) is 3.32. The molecule has 0 saturated carbocycles. The summed E-state index contributed by atoms with van der Waals surface area (Å²) in [4.78, 5) is 28.6. The van der Waals surface area contributed by atoms with Gasteiger partial charge in [0.2, 0.25) is 0 Å². The molecule has 0 aliphatic heterocycles. The summed E-state index contributed by atoms with van der Waals surface area (Å²) in [5.74, 6) is -0.211. The maximum absolute atomic E-state index is 12.4. The summed E-state index contributed by atoms with van der Waals surface area (Å²) < 4.78 is 6.80. The van der Waals surface area contributed by atoms with Crippen LogP contribution in [-0.2, 0) is 16.0 Å². The zero-order chi connectivity index (χ0) is 19.8. The number of carbonyl (C=O) groups excluding carboxylic acids is 2. The number of amides is 1. The second-order valence-electron chi connectivity index (χ2n) is 6.74. The number of hydrogen-bond donors (Lipinski definition) is 1. The van der Waals surface area contributed by atoms with Gasteiger partial charge in [0.15, 0.2) is 12.4 Å². The number of carbonyl (C=O) groups is 2. The van der Waals surface area contributed by atoms with E-state index in [4.69, 9.17) is 4.74 Å². The normalized spacial score (nSPS) is 13.7. The quantitative estimate of drug-likeness (QED) is 0.560. The molecule has 2 aromatic heterocycles. The molecule has 2 heterocycles. The Morgan fingerprint density at radius 1 is 1.29 bits per heavy atom. The van der Waals surface area contributed by atoms with Crippen molar-refractivity contribution in [2.24, 2.45) is 0 Å². The van der Waals surface area contributed by atoms with Crippen LogP contribution in [0.3, 0.4) is 0 Å². The Morgan fingerprint density at radius 2 is 2.18 bits per heavy atom. The highest BCUT2D eigenvalue weighted by atomic mass is 16.5. The summed E-state index contributed by atoms with van der Waals surface area (Å²) in [6, 6.07) is 5.49. The molecule has 0 atom stereocenters. The van der Waals surface area contributed by atoms with Crippen LogP contribution in [0, 0.1) is 0 Å². The summed E-state index contributed by atoms with van der Waals surface area (Å²) >= 11 is 0. The number of allylic oxidation sites excluding steroid dienone is 1. The molecular formula is C21H26N4O3. The van der Waals surface area contributed by atoms with Gasteiger partial charge in [-0.15, -0.1) is 0 Å². The molecule has 1 aliphatic carbocycles. The van der Waals surface area contributed by atoms with Crippen LogP contribution in [0.1, 0.15) is 55.1 Å². The van der Waals surface area contributed by atoms with Crippen LogP contribution in [0.2, 0.25) is 0 Å². The first kappa shape index (κ1) is 19.8. The first-order valence-electron chi connectivity index (χ1n) is 9.79. The molecule has 3 rings (SSSR count). The lowest BCUT2D eigenvalue weighted by atomic mass is 9.97. The zero-order valence-electron chi connectivity index (χ0n) is 16.2.